The summed E-state index contributed by atoms with van der Waals surface area (Å²) in [6, 6.07) is 5.02. The van der Waals surface area contributed by atoms with Crippen LogP contribution in [0.15, 0.2) is 18.2 Å². The molecule has 0 saturated heterocycles. The van der Waals surface area contributed by atoms with E-state index >= 15 is 0 Å². The number of hydrogen-bond donors (Lipinski definition) is 0. The smallest absolute Gasteiger partial charge is 0.337 e. The summed E-state index contributed by atoms with van der Waals surface area (Å²) in [4.78, 5) is 11.2. The lowest BCUT2D eigenvalue weighted by Crippen LogP contribution is -2.01. The van der Waals surface area contributed by atoms with Crippen LogP contribution in [-0.2, 0) is 11.2 Å². The van der Waals surface area contributed by atoms with Gasteiger partial charge in [0.05, 0.1) is 12.7 Å². The van der Waals surface area contributed by atoms with Gasteiger partial charge in [-0.15, -0.1) is 0 Å². The van der Waals surface area contributed by atoms with Crippen molar-refractivity contribution in [2.45, 2.75) is 19.0 Å². The maximum Gasteiger partial charge on any atom is 0.337 e. The third kappa shape index (κ3) is 1.39. The lowest BCUT2D eigenvalue weighted by atomic mass is 10.1. The molecule has 1 aliphatic carbocycles. The largest absolute Gasteiger partial charge is 0.465 e. The highest BCUT2D eigenvalue weighted by Crippen LogP contribution is 2.34. The van der Waals surface area contributed by atoms with Crippen molar-refractivity contribution in [2.24, 2.45) is 0 Å². The third-order valence-corrected chi connectivity index (χ3v) is 2.57. The highest BCUT2D eigenvalue weighted by molar-refractivity contribution is 5.89. The average Bonchev–Trinajstić information content (AvgIpc) is 2.59. The Morgan fingerprint density at radius 2 is 2.36 bits per heavy atom. The molecule has 2 rings (SSSR count). The minimum atomic E-state index is -0.864. The molecule has 1 unspecified atom stereocenters. The Hall–Kier alpha value is -1.38. The number of halogens is 1. The SMILES string of the molecule is COC(=O)c1ccc2c(c1)CCC2F. The number of hydrogen-bond acceptors (Lipinski definition) is 2. The second-order valence-corrected chi connectivity index (χ2v) is 3.41. The van der Waals surface area contributed by atoms with Gasteiger partial charge in [-0.25, -0.2) is 9.18 Å². The first-order valence-electron chi connectivity index (χ1n) is 4.57. The molecule has 0 spiro atoms. The maximum atomic E-state index is 13.2. The molecule has 1 aromatic rings. The Bertz CT molecular complexity index is 374. The second-order valence-electron chi connectivity index (χ2n) is 3.41. The van der Waals surface area contributed by atoms with Crippen molar-refractivity contribution < 1.29 is 13.9 Å². The molecule has 0 heterocycles. The number of aryl methyl sites for hydroxylation is 1. The number of carbonyl (C=O) groups is 1. The zero-order chi connectivity index (χ0) is 10.1. The first kappa shape index (κ1) is 9.19. The minimum absolute atomic E-state index is 0.366. The molecule has 0 saturated carbocycles. The van der Waals surface area contributed by atoms with E-state index in [9.17, 15) is 9.18 Å². The Kier molecular flexibility index (Phi) is 2.23. The van der Waals surface area contributed by atoms with Crippen molar-refractivity contribution in [3.05, 3.63) is 34.9 Å². The number of benzene rings is 1. The van der Waals surface area contributed by atoms with Crippen LogP contribution in [0, 0.1) is 0 Å². The van der Waals surface area contributed by atoms with Gasteiger partial charge in [-0.3, -0.25) is 0 Å². The number of esters is 1. The van der Waals surface area contributed by atoms with E-state index in [1.54, 1.807) is 18.2 Å². The highest BCUT2D eigenvalue weighted by atomic mass is 19.1. The van der Waals surface area contributed by atoms with Crippen LogP contribution in [0.3, 0.4) is 0 Å². The number of rotatable bonds is 1. The van der Waals surface area contributed by atoms with Crippen LogP contribution < -0.4 is 0 Å². The van der Waals surface area contributed by atoms with Gasteiger partial charge in [-0.2, -0.15) is 0 Å². The number of alkyl halides is 1. The van der Waals surface area contributed by atoms with Crippen molar-refractivity contribution in [3.63, 3.8) is 0 Å². The van der Waals surface area contributed by atoms with Crippen molar-refractivity contribution in [2.75, 3.05) is 7.11 Å². The van der Waals surface area contributed by atoms with Gasteiger partial charge in [0.15, 0.2) is 0 Å². The van der Waals surface area contributed by atoms with Gasteiger partial charge in [-0.1, -0.05) is 6.07 Å². The molecule has 3 heteroatoms. The molecule has 2 nitrogen and oxygen atoms in total. The number of ether oxygens (including phenoxy) is 1. The summed E-state index contributed by atoms with van der Waals surface area (Å²) in [5.74, 6) is -0.366. The summed E-state index contributed by atoms with van der Waals surface area (Å²) in [7, 11) is 1.34. The lowest BCUT2D eigenvalue weighted by molar-refractivity contribution is 0.0600. The van der Waals surface area contributed by atoms with E-state index in [2.05, 4.69) is 4.74 Å². The van der Waals surface area contributed by atoms with E-state index in [-0.39, 0.29) is 5.97 Å². The van der Waals surface area contributed by atoms with E-state index in [0.717, 1.165) is 11.1 Å². The van der Waals surface area contributed by atoms with Gasteiger partial charge < -0.3 is 4.74 Å². The zero-order valence-corrected chi connectivity index (χ0v) is 7.92. The zero-order valence-electron chi connectivity index (χ0n) is 7.92. The molecular weight excluding hydrogens is 183 g/mol. The monoisotopic (exact) mass is 194 g/mol. The van der Waals surface area contributed by atoms with Crippen LogP contribution in [0.5, 0.6) is 0 Å². The number of fused-ring (bicyclic) bond motifs is 1. The predicted octanol–water partition coefficient (Wildman–Crippen LogP) is 2.43. The van der Waals surface area contributed by atoms with Gasteiger partial charge in [-0.05, 0) is 36.1 Å². The summed E-state index contributed by atoms with van der Waals surface area (Å²) in [6.45, 7) is 0. The summed E-state index contributed by atoms with van der Waals surface area (Å²) in [5, 5.41) is 0. The van der Waals surface area contributed by atoms with Crippen LogP contribution in [0.2, 0.25) is 0 Å². The van der Waals surface area contributed by atoms with E-state index < -0.39 is 6.17 Å². The quantitative estimate of drug-likeness (QED) is 0.642. The molecule has 0 aromatic heterocycles. The molecule has 1 aliphatic rings. The Morgan fingerprint density at radius 3 is 3.07 bits per heavy atom. The standard InChI is InChI=1S/C11H11FO2/c1-14-11(13)8-2-4-9-7(6-8)3-5-10(9)12/h2,4,6,10H,3,5H2,1H3. The number of methoxy groups -OCH3 is 1. The van der Waals surface area contributed by atoms with E-state index in [4.69, 9.17) is 0 Å². The molecule has 0 fully saturated rings. The molecule has 1 atom stereocenters. The number of carbonyl (C=O) groups excluding carboxylic acids is 1. The van der Waals surface area contributed by atoms with E-state index in [1.165, 1.54) is 7.11 Å². The minimum Gasteiger partial charge on any atom is -0.465 e. The fraction of sp³-hybridized carbons (Fsp3) is 0.364. The summed E-state index contributed by atoms with van der Waals surface area (Å²) in [6.07, 6.45) is 0.373. The fourth-order valence-corrected chi connectivity index (χ4v) is 1.81. The van der Waals surface area contributed by atoms with E-state index in [0.29, 0.717) is 18.4 Å². The predicted molar refractivity (Wildman–Crippen MR) is 50.0 cm³/mol. The van der Waals surface area contributed by atoms with Crippen LogP contribution in [-0.4, -0.2) is 13.1 Å². The maximum absolute atomic E-state index is 13.2. The molecule has 0 N–H and O–H groups in total. The van der Waals surface area contributed by atoms with Gasteiger partial charge in [0, 0.05) is 0 Å². The third-order valence-electron chi connectivity index (χ3n) is 2.57. The second kappa shape index (κ2) is 3.40. The molecule has 0 radical (unpaired) electrons. The van der Waals surface area contributed by atoms with Gasteiger partial charge in [0.1, 0.15) is 6.17 Å². The van der Waals surface area contributed by atoms with Gasteiger partial charge in [0.2, 0.25) is 0 Å². The highest BCUT2D eigenvalue weighted by Gasteiger charge is 2.22. The molecule has 0 amide bonds. The van der Waals surface area contributed by atoms with Gasteiger partial charge >= 0.3 is 5.97 Å². The van der Waals surface area contributed by atoms with Crippen LogP contribution >= 0.6 is 0 Å². The fourth-order valence-electron chi connectivity index (χ4n) is 1.81. The molecule has 0 bridgehead atoms. The molecule has 0 aliphatic heterocycles. The van der Waals surface area contributed by atoms with Gasteiger partial charge in [0.25, 0.3) is 0 Å². The molecular formula is C11H11FO2. The molecule has 74 valence electrons. The van der Waals surface area contributed by atoms with Crippen LogP contribution in [0.4, 0.5) is 4.39 Å². The summed E-state index contributed by atoms with van der Waals surface area (Å²) < 4.78 is 17.8. The molecule has 1 aromatic carbocycles. The first-order valence-corrected chi connectivity index (χ1v) is 4.57. The summed E-state index contributed by atoms with van der Waals surface area (Å²) in [5.41, 5.74) is 2.15. The van der Waals surface area contributed by atoms with Crippen molar-refractivity contribution in [3.8, 4) is 0 Å². The molecule has 14 heavy (non-hydrogen) atoms. The summed E-state index contributed by atoms with van der Waals surface area (Å²) >= 11 is 0. The lowest BCUT2D eigenvalue weighted by Gasteiger charge is -2.03. The topological polar surface area (TPSA) is 26.3 Å². The van der Waals surface area contributed by atoms with Crippen molar-refractivity contribution in [1.29, 1.82) is 0 Å². The van der Waals surface area contributed by atoms with Crippen LogP contribution in [0.25, 0.3) is 0 Å². The van der Waals surface area contributed by atoms with Crippen molar-refractivity contribution >= 4 is 5.97 Å². The average molecular weight is 194 g/mol. The Balaban J connectivity index is 2.37. The van der Waals surface area contributed by atoms with Crippen LogP contribution in [0.1, 0.15) is 34.1 Å². The van der Waals surface area contributed by atoms with E-state index in [1.807, 2.05) is 0 Å². The normalized spacial score (nSPS) is 19.1. The Labute approximate surface area is 81.7 Å². The van der Waals surface area contributed by atoms with Crippen molar-refractivity contribution in [1.82, 2.24) is 0 Å². The first-order chi connectivity index (χ1) is 6.72. The Morgan fingerprint density at radius 1 is 1.57 bits per heavy atom.